The molecule has 1 aliphatic carbocycles. The summed E-state index contributed by atoms with van der Waals surface area (Å²) >= 11 is 1.34. The van der Waals surface area contributed by atoms with Gasteiger partial charge in [-0.15, -0.1) is 0 Å². The van der Waals surface area contributed by atoms with Crippen molar-refractivity contribution in [1.82, 2.24) is 10.4 Å². The molecular formula is C22H24N2O3S. The highest BCUT2D eigenvalue weighted by Crippen LogP contribution is 2.44. The first-order chi connectivity index (χ1) is 13.6. The molecule has 5 nitrogen and oxygen atoms in total. The Bertz CT molecular complexity index is 852. The maximum atomic E-state index is 12.9. The van der Waals surface area contributed by atoms with Gasteiger partial charge in [0.05, 0.1) is 4.91 Å². The lowest BCUT2D eigenvalue weighted by Gasteiger charge is -2.33. The predicted molar refractivity (Wildman–Crippen MR) is 109 cm³/mol. The van der Waals surface area contributed by atoms with Crippen molar-refractivity contribution in [3.63, 3.8) is 0 Å². The lowest BCUT2D eigenvalue weighted by atomic mass is 9.89. The van der Waals surface area contributed by atoms with Crippen molar-refractivity contribution in [3.8, 4) is 0 Å². The first kappa shape index (κ1) is 19.0. The molecule has 0 aromatic heterocycles. The number of hydrogen-bond donors (Lipinski definition) is 2. The van der Waals surface area contributed by atoms with Crippen LogP contribution in [0.15, 0.2) is 63.9 Å². The van der Waals surface area contributed by atoms with E-state index in [0.29, 0.717) is 17.2 Å². The van der Waals surface area contributed by atoms with Gasteiger partial charge in [0.15, 0.2) is 0 Å². The number of fused-ring (bicyclic) bond motifs is 1. The molecule has 0 bridgehead atoms. The number of carbonyl (C=O) groups excluding carboxylic acids is 2. The van der Waals surface area contributed by atoms with Crippen LogP contribution in [0.25, 0.3) is 0 Å². The van der Waals surface area contributed by atoms with Crippen LogP contribution >= 0.6 is 11.8 Å². The first-order valence-corrected chi connectivity index (χ1v) is 10.5. The van der Waals surface area contributed by atoms with E-state index in [1.54, 1.807) is 5.48 Å². The van der Waals surface area contributed by atoms with Gasteiger partial charge >= 0.3 is 0 Å². The van der Waals surface area contributed by atoms with Gasteiger partial charge in [-0.2, -0.15) is 0 Å². The van der Waals surface area contributed by atoms with E-state index in [2.05, 4.69) is 24.3 Å². The van der Waals surface area contributed by atoms with Crippen LogP contribution in [0.4, 0.5) is 0 Å². The molecule has 1 saturated heterocycles. The van der Waals surface area contributed by atoms with Crippen LogP contribution in [-0.4, -0.2) is 35.0 Å². The summed E-state index contributed by atoms with van der Waals surface area (Å²) in [4.78, 5) is 28.0. The first-order valence-electron chi connectivity index (χ1n) is 9.73. The highest BCUT2D eigenvalue weighted by atomic mass is 32.2. The number of thioether (sulfide) groups is 1. The van der Waals surface area contributed by atoms with Crippen molar-refractivity contribution in [3.05, 3.63) is 69.5 Å². The van der Waals surface area contributed by atoms with Gasteiger partial charge in [0.2, 0.25) is 0 Å². The molecule has 1 aromatic rings. The maximum absolute atomic E-state index is 12.9. The Kier molecular flexibility index (Phi) is 5.69. The van der Waals surface area contributed by atoms with Crippen LogP contribution in [-0.2, 0) is 16.0 Å². The second-order valence-electron chi connectivity index (χ2n) is 7.55. The van der Waals surface area contributed by atoms with E-state index in [1.807, 2.05) is 29.2 Å². The lowest BCUT2D eigenvalue weighted by molar-refractivity contribution is -0.128. The van der Waals surface area contributed by atoms with Crippen LogP contribution in [0.5, 0.6) is 0 Å². The van der Waals surface area contributed by atoms with Crippen molar-refractivity contribution >= 4 is 23.6 Å². The molecule has 1 atom stereocenters. The highest BCUT2D eigenvalue weighted by Gasteiger charge is 2.31. The Balaban J connectivity index is 1.33. The zero-order valence-corrected chi connectivity index (χ0v) is 16.5. The van der Waals surface area contributed by atoms with Gasteiger partial charge in [-0.25, -0.2) is 5.48 Å². The molecule has 4 rings (SSSR count). The van der Waals surface area contributed by atoms with E-state index >= 15 is 0 Å². The third kappa shape index (κ3) is 4.08. The summed E-state index contributed by atoms with van der Waals surface area (Å²) in [6, 6.07) is 10.5. The molecule has 0 saturated carbocycles. The Labute approximate surface area is 169 Å². The van der Waals surface area contributed by atoms with Crippen LogP contribution in [0, 0.1) is 11.8 Å². The highest BCUT2D eigenvalue weighted by molar-refractivity contribution is 8.07. The van der Waals surface area contributed by atoms with Crippen molar-refractivity contribution in [2.45, 2.75) is 25.7 Å². The summed E-state index contributed by atoms with van der Waals surface area (Å²) in [7, 11) is 0. The van der Waals surface area contributed by atoms with E-state index in [0.717, 1.165) is 42.8 Å². The molecule has 2 heterocycles. The van der Waals surface area contributed by atoms with Gasteiger partial charge in [-0.05, 0) is 48.1 Å². The number of nitrogens with zero attached hydrogens (tertiary/aromatic N) is 1. The molecule has 28 heavy (non-hydrogen) atoms. The number of carbonyl (C=O) groups is 2. The average Bonchev–Trinajstić information content (AvgIpc) is 3.17. The molecule has 6 heteroatoms. The molecule has 1 fully saturated rings. The molecular weight excluding hydrogens is 372 g/mol. The summed E-state index contributed by atoms with van der Waals surface area (Å²) in [6.45, 7) is 1.59. The molecule has 146 valence electrons. The SMILES string of the molecule is O=C(NO)C1=CC2CC=C(C(=O)N3CCC(Cc4ccccc4)CC3)C=C2S1. The minimum Gasteiger partial charge on any atom is -0.339 e. The summed E-state index contributed by atoms with van der Waals surface area (Å²) in [5.41, 5.74) is 3.76. The minimum absolute atomic E-state index is 0.0878. The molecule has 1 unspecified atom stereocenters. The van der Waals surface area contributed by atoms with E-state index in [4.69, 9.17) is 5.21 Å². The van der Waals surface area contributed by atoms with Crippen LogP contribution in [0.1, 0.15) is 24.8 Å². The van der Waals surface area contributed by atoms with Gasteiger partial charge in [0.25, 0.3) is 11.8 Å². The Morgan fingerprint density at radius 2 is 1.93 bits per heavy atom. The van der Waals surface area contributed by atoms with Gasteiger partial charge < -0.3 is 4.90 Å². The van der Waals surface area contributed by atoms with E-state index < -0.39 is 5.91 Å². The topological polar surface area (TPSA) is 69.6 Å². The number of nitrogens with one attached hydrogen (secondary N) is 1. The van der Waals surface area contributed by atoms with Crippen molar-refractivity contribution in [2.75, 3.05) is 13.1 Å². The molecule has 3 aliphatic rings. The monoisotopic (exact) mass is 396 g/mol. The summed E-state index contributed by atoms with van der Waals surface area (Å²) in [5, 5.41) is 8.81. The second kappa shape index (κ2) is 8.37. The summed E-state index contributed by atoms with van der Waals surface area (Å²) < 4.78 is 0. The standard InChI is InChI=1S/C22H24N2O3S/c25-21(23-27)20-13-17-6-7-18(14-19(17)28-20)22(26)24-10-8-16(9-11-24)12-15-4-2-1-3-5-15/h1-5,7,13-14,16-17,27H,6,8-12H2,(H,23,25). The fourth-order valence-electron chi connectivity index (χ4n) is 4.08. The van der Waals surface area contributed by atoms with Crippen molar-refractivity contribution in [2.24, 2.45) is 11.8 Å². The van der Waals surface area contributed by atoms with E-state index in [9.17, 15) is 9.59 Å². The van der Waals surface area contributed by atoms with E-state index in [1.165, 1.54) is 17.3 Å². The van der Waals surface area contributed by atoms with Gasteiger partial charge in [0.1, 0.15) is 0 Å². The molecule has 0 spiro atoms. The quantitative estimate of drug-likeness (QED) is 0.604. The van der Waals surface area contributed by atoms with Crippen LogP contribution in [0.2, 0.25) is 0 Å². The average molecular weight is 397 g/mol. The molecule has 1 aromatic carbocycles. The number of piperidine rings is 1. The van der Waals surface area contributed by atoms with Gasteiger partial charge in [-0.3, -0.25) is 14.8 Å². The molecule has 2 aliphatic heterocycles. The fraction of sp³-hybridized carbons (Fsp3) is 0.364. The zero-order chi connectivity index (χ0) is 19.5. The zero-order valence-electron chi connectivity index (χ0n) is 15.6. The molecule has 0 radical (unpaired) electrons. The number of hydroxylamine groups is 1. The van der Waals surface area contributed by atoms with Crippen LogP contribution in [0.3, 0.4) is 0 Å². The fourth-order valence-corrected chi connectivity index (χ4v) is 5.21. The number of benzene rings is 1. The number of hydrogen-bond acceptors (Lipinski definition) is 4. The Morgan fingerprint density at radius 3 is 2.64 bits per heavy atom. The largest absolute Gasteiger partial charge is 0.339 e. The molecule has 2 amide bonds. The maximum Gasteiger partial charge on any atom is 0.281 e. The second-order valence-corrected chi connectivity index (χ2v) is 8.66. The van der Waals surface area contributed by atoms with Crippen LogP contribution < -0.4 is 5.48 Å². The number of likely N-dealkylation sites (tertiary alicyclic amines) is 1. The third-order valence-corrected chi connectivity index (χ3v) is 6.87. The van der Waals surface area contributed by atoms with Crippen molar-refractivity contribution in [1.29, 1.82) is 0 Å². The summed E-state index contributed by atoms with van der Waals surface area (Å²) in [6.07, 6.45) is 9.60. The lowest BCUT2D eigenvalue weighted by Crippen LogP contribution is -2.39. The molecule has 2 N–H and O–H groups in total. The summed E-state index contributed by atoms with van der Waals surface area (Å²) in [5.74, 6) is 0.354. The number of allylic oxidation sites excluding steroid dienone is 3. The minimum atomic E-state index is -0.492. The smallest absolute Gasteiger partial charge is 0.281 e. The van der Waals surface area contributed by atoms with Crippen molar-refractivity contribution < 1.29 is 14.8 Å². The Morgan fingerprint density at radius 1 is 1.18 bits per heavy atom. The third-order valence-electron chi connectivity index (χ3n) is 5.68. The predicted octanol–water partition coefficient (Wildman–Crippen LogP) is 3.43. The van der Waals surface area contributed by atoms with E-state index in [-0.39, 0.29) is 11.8 Å². The number of amides is 2. The Hall–Kier alpha value is -2.31. The van der Waals surface area contributed by atoms with Gasteiger partial charge in [-0.1, -0.05) is 54.2 Å². The normalized spacial score (nSPS) is 22.1. The van der Waals surface area contributed by atoms with Gasteiger partial charge in [0, 0.05) is 24.6 Å². The number of rotatable bonds is 4.